The first-order valence-electron chi connectivity index (χ1n) is 6.62. The zero-order valence-electron chi connectivity index (χ0n) is 12.8. The molecular formula is C15H16F3NO4. The van der Waals surface area contributed by atoms with Gasteiger partial charge >= 0.3 is 18.1 Å². The highest BCUT2D eigenvalue weighted by atomic mass is 19.4. The van der Waals surface area contributed by atoms with Gasteiger partial charge in [-0.2, -0.15) is 13.2 Å². The zero-order valence-corrected chi connectivity index (χ0v) is 12.8. The van der Waals surface area contributed by atoms with Gasteiger partial charge in [0, 0.05) is 12.0 Å². The summed E-state index contributed by atoms with van der Waals surface area (Å²) in [4.78, 5) is 34.8. The van der Waals surface area contributed by atoms with Gasteiger partial charge in [-0.05, 0) is 25.5 Å². The van der Waals surface area contributed by atoms with Crippen LogP contribution in [-0.4, -0.2) is 37.0 Å². The fourth-order valence-corrected chi connectivity index (χ4v) is 1.91. The summed E-state index contributed by atoms with van der Waals surface area (Å²) in [7, 11) is 0.956. The lowest BCUT2D eigenvalue weighted by Gasteiger charge is -2.17. The van der Waals surface area contributed by atoms with Gasteiger partial charge in [0.15, 0.2) is 5.78 Å². The minimum absolute atomic E-state index is 0.278. The van der Waals surface area contributed by atoms with Crippen LogP contribution in [0.3, 0.4) is 0 Å². The van der Waals surface area contributed by atoms with Gasteiger partial charge < -0.3 is 10.1 Å². The number of halogens is 3. The van der Waals surface area contributed by atoms with Crippen LogP contribution >= 0.6 is 0 Å². The molecule has 0 bridgehead atoms. The largest absolute Gasteiger partial charge is 0.471 e. The lowest BCUT2D eigenvalue weighted by molar-refractivity contribution is -0.175. The summed E-state index contributed by atoms with van der Waals surface area (Å²) in [6, 6.07) is 3.32. The zero-order chi connectivity index (χ0) is 17.8. The second-order valence-corrected chi connectivity index (χ2v) is 4.99. The van der Waals surface area contributed by atoms with Crippen molar-refractivity contribution in [3.8, 4) is 0 Å². The van der Waals surface area contributed by atoms with Crippen molar-refractivity contribution in [3.05, 3.63) is 34.9 Å². The number of rotatable bonds is 5. The molecule has 1 aromatic rings. The number of carbonyl (C=O) groups excluding carboxylic acids is 3. The van der Waals surface area contributed by atoms with Crippen LogP contribution in [0.2, 0.25) is 0 Å². The molecule has 0 aromatic heterocycles. The van der Waals surface area contributed by atoms with Crippen molar-refractivity contribution >= 4 is 17.7 Å². The second-order valence-electron chi connectivity index (χ2n) is 4.99. The van der Waals surface area contributed by atoms with E-state index in [-0.39, 0.29) is 5.56 Å². The summed E-state index contributed by atoms with van der Waals surface area (Å²) < 4.78 is 41.3. The van der Waals surface area contributed by atoms with Crippen molar-refractivity contribution in [2.75, 3.05) is 7.11 Å². The fraction of sp³-hybridized carbons (Fsp3) is 0.400. The molecular weight excluding hydrogens is 315 g/mol. The molecule has 23 heavy (non-hydrogen) atoms. The molecule has 0 fully saturated rings. The lowest BCUT2D eigenvalue weighted by Crippen LogP contribution is -2.48. The SMILES string of the molecule is COC(=O)[C@H](CC(=O)c1cc(C)ccc1C)NC(=O)C(F)(F)F. The molecule has 0 spiro atoms. The van der Waals surface area contributed by atoms with E-state index in [1.165, 1.54) is 5.32 Å². The molecule has 1 atom stereocenters. The summed E-state index contributed by atoms with van der Waals surface area (Å²) in [5.41, 5.74) is 1.68. The maximum atomic E-state index is 12.3. The monoisotopic (exact) mass is 331 g/mol. The summed E-state index contributed by atoms with van der Waals surface area (Å²) in [5, 5.41) is 1.48. The molecule has 1 amide bonds. The lowest BCUT2D eigenvalue weighted by atomic mass is 9.97. The van der Waals surface area contributed by atoms with E-state index in [9.17, 15) is 27.6 Å². The molecule has 0 radical (unpaired) electrons. The average Bonchev–Trinajstić information content (AvgIpc) is 2.46. The Kier molecular flexibility index (Phi) is 5.89. The number of hydrogen-bond acceptors (Lipinski definition) is 4. The molecule has 126 valence electrons. The van der Waals surface area contributed by atoms with Crippen molar-refractivity contribution in [3.63, 3.8) is 0 Å². The van der Waals surface area contributed by atoms with Crippen LogP contribution in [-0.2, 0) is 14.3 Å². The van der Waals surface area contributed by atoms with Gasteiger partial charge in [-0.15, -0.1) is 0 Å². The van der Waals surface area contributed by atoms with Gasteiger partial charge in [0.1, 0.15) is 6.04 Å². The molecule has 8 heteroatoms. The summed E-state index contributed by atoms with van der Waals surface area (Å²) in [5.74, 6) is -3.99. The number of benzene rings is 1. The Morgan fingerprint density at radius 3 is 2.35 bits per heavy atom. The third-order valence-electron chi connectivity index (χ3n) is 3.13. The molecule has 0 heterocycles. The number of esters is 1. The highest BCUT2D eigenvalue weighted by Gasteiger charge is 2.41. The number of carbonyl (C=O) groups is 3. The van der Waals surface area contributed by atoms with Gasteiger partial charge in [0.25, 0.3) is 0 Å². The third kappa shape index (κ3) is 5.08. The van der Waals surface area contributed by atoms with E-state index in [1.54, 1.807) is 32.0 Å². The summed E-state index contributed by atoms with van der Waals surface area (Å²) in [6.07, 6.45) is -5.78. The first-order chi connectivity index (χ1) is 10.6. The van der Waals surface area contributed by atoms with Crippen LogP contribution in [0.25, 0.3) is 0 Å². The van der Waals surface area contributed by atoms with Crippen molar-refractivity contribution < 1.29 is 32.3 Å². The third-order valence-corrected chi connectivity index (χ3v) is 3.13. The van der Waals surface area contributed by atoms with E-state index < -0.39 is 36.3 Å². The Morgan fingerprint density at radius 1 is 1.22 bits per heavy atom. The van der Waals surface area contributed by atoms with E-state index in [2.05, 4.69) is 4.74 Å². The quantitative estimate of drug-likeness (QED) is 0.662. The number of alkyl halides is 3. The molecule has 0 saturated heterocycles. The van der Waals surface area contributed by atoms with Crippen LogP contribution < -0.4 is 5.32 Å². The van der Waals surface area contributed by atoms with Gasteiger partial charge in [-0.1, -0.05) is 17.7 Å². The minimum atomic E-state index is -5.16. The highest BCUT2D eigenvalue weighted by molar-refractivity contribution is 6.01. The van der Waals surface area contributed by atoms with E-state index in [1.807, 2.05) is 0 Å². The molecule has 0 aliphatic carbocycles. The molecule has 1 N–H and O–H groups in total. The number of ketones is 1. The number of hydrogen-bond donors (Lipinski definition) is 1. The highest BCUT2D eigenvalue weighted by Crippen LogP contribution is 2.17. The smallest absolute Gasteiger partial charge is 0.467 e. The molecule has 0 saturated carbocycles. The molecule has 5 nitrogen and oxygen atoms in total. The summed E-state index contributed by atoms with van der Waals surface area (Å²) >= 11 is 0. The number of nitrogens with one attached hydrogen (secondary N) is 1. The Balaban J connectivity index is 2.97. The van der Waals surface area contributed by atoms with Crippen LogP contribution in [0.4, 0.5) is 13.2 Å². The minimum Gasteiger partial charge on any atom is -0.467 e. The first-order valence-corrected chi connectivity index (χ1v) is 6.62. The van der Waals surface area contributed by atoms with Gasteiger partial charge in [0.2, 0.25) is 0 Å². The van der Waals surface area contributed by atoms with E-state index in [4.69, 9.17) is 0 Å². The average molecular weight is 331 g/mol. The number of aryl methyl sites for hydroxylation is 2. The van der Waals surface area contributed by atoms with Crippen LogP contribution in [0.5, 0.6) is 0 Å². The normalized spacial score (nSPS) is 12.4. The topological polar surface area (TPSA) is 72.5 Å². The first kappa shape index (κ1) is 18.7. The van der Waals surface area contributed by atoms with Gasteiger partial charge in [0.05, 0.1) is 7.11 Å². The Labute approximate surface area is 130 Å². The Hall–Kier alpha value is -2.38. The molecule has 0 aliphatic heterocycles. The van der Waals surface area contributed by atoms with E-state index >= 15 is 0 Å². The standard InChI is InChI=1S/C15H16F3NO4/c1-8-4-5-9(2)10(6-8)12(20)7-11(13(21)23-3)19-14(22)15(16,17)18/h4-6,11H,7H2,1-3H3,(H,19,22)/t11-/m0/s1. The molecule has 1 aromatic carbocycles. The molecule has 1 rings (SSSR count). The molecule has 0 unspecified atom stereocenters. The molecule has 0 aliphatic rings. The van der Waals surface area contributed by atoms with Crippen LogP contribution in [0, 0.1) is 13.8 Å². The van der Waals surface area contributed by atoms with E-state index in [0.717, 1.165) is 12.7 Å². The number of amides is 1. The number of ether oxygens (including phenoxy) is 1. The Bertz CT molecular complexity index is 626. The van der Waals surface area contributed by atoms with E-state index in [0.29, 0.717) is 5.56 Å². The van der Waals surface area contributed by atoms with Gasteiger partial charge in [-0.3, -0.25) is 9.59 Å². The predicted octanol–water partition coefficient (Wildman–Crippen LogP) is 2.10. The van der Waals surface area contributed by atoms with Crippen LogP contribution in [0.15, 0.2) is 18.2 Å². The Morgan fingerprint density at radius 2 is 1.83 bits per heavy atom. The van der Waals surface area contributed by atoms with Crippen molar-refractivity contribution in [2.45, 2.75) is 32.5 Å². The van der Waals surface area contributed by atoms with Crippen LogP contribution in [0.1, 0.15) is 27.9 Å². The van der Waals surface area contributed by atoms with Crippen molar-refractivity contribution in [1.29, 1.82) is 0 Å². The van der Waals surface area contributed by atoms with Gasteiger partial charge in [-0.25, -0.2) is 4.79 Å². The summed E-state index contributed by atoms with van der Waals surface area (Å²) in [6.45, 7) is 3.41. The maximum Gasteiger partial charge on any atom is 0.471 e. The number of Topliss-reactive ketones (excluding diaryl/α,β-unsaturated/α-hetero) is 1. The van der Waals surface area contributed by atoms with Crippen molar-refractivity contribution in [2.24, 2.45) is 0 Å². The van der Waals surface area contributed by atoms with Crippen molar-refractivity contribution in [1.82, 2.24) is 5.32 Å². The maximum absolute atomic E-state index is 12.3. The second kappa shape index (κ2) is 7.26. The number of methoxy groups -OCH3 is 1. The fourth-order valence-electron chi connectivity index (χ4n) is 1.91. The predicted molar refractivity (Wildman–Crippen MR) is 74.9 cm³/mol.